The molecule has 0 N–H and O–H groups in total. The molecule has 8 aliphatic rings. The van der Waals surface area contributed by atoms with Crippen molar-refractivity contribution in [3.63, 3.8) is 0 Å². The first-order valence-electron chi connectivity index (χ1n) is 31.1. The molecule has 8 fully saturated rings. The van der Waals surface area contributed by atoms with Crippen molar-refractivity contribution < 1.29 is 0 Å². The lowest BCUT2D eigenvalue weighted by Crippen LogP contribution is -2.63. The summed E-state index contributed by atoms with van der Waals surface area (Å²) in [6.45, 7) is 30.1. The molecule has 0 aromatic rings. The van der Waals surface area contributed by atoms with Crippen molar-refractivity contribution in [2.45, 2.75) is 312 Å². The van der Waals surface area contributed by atoms with Crippen molar-refractivity contribution in [3.05, 3.63) is 24.3 Å². The molecule has 0 spiro atoms. The number of allylic oxidation sites excluding steroid dienone is 4. The third-order valence-corrected chi connectivity index (χ3v) is 22.7. The molecule has 2 nitrogen and oxygen atoms in total. The molecule has 390 valence electrons. The van der Waals surface area contributed by atoms with Gasteiger partial charge in [0, 0.05) is 36.3 Å². The first-order chi connectivity index (χ1) is 32.2. The van der Waals surface area contributed by atoms with Gasteiger partial charge in [0.15, 0.2) is 0 Å². The van der Waals surface area contributed by atoms with E-state index in [9.17, 15) is 0 Å². The quantitative estimate of drug-likeness (QED) is 0.201. The standard InChI is InChI=1S/C66H116N2/c1-63(2,3)51-29-21-47(22-30-51)17-19-49-25-37-55(38-26-49)67(57-41-33-53(34-42-57)65(7,8)9)61-45-46-62(60-16-14-13-15-59(60)61)68(58-43-35-54(36-44-58)66(10,11)12)56-39-27-50(28-40-56)20-18-48-23-31-52(32-24-48)64(4,5)6/h17-20,47-62H,13-16,21-46H2,1-12H3/b19-17+,20-18+. The maximum Gasteiger partial charge on any atom is 0.0133 e. The average Bonchev–Trinajstić information content (AvgIpc) is 3.31. The molecular formula is C66H116N2. The summed E-state index contributed by atoms with van der Waals surface area (Å²) in [7, 11) is 0. The summed E-state index contributed by atoms with van der Waals surface area (Å²) < 4.78 is 0. The Morgan fingerprint density at radius 3 is 0.691 bits per heavy atom. The fourth-order valence-electron chi connectivity index (χ4n) is 18.0. The molecule has 8 aliphatic carbocycles. The highest BCUT2D eigenvalue weighted by molar-refractivity contribution is 5.07. The van der Waals surface area contributed by atoms with E-state index in [2.05, 4.69) is 117 Å². The van der Waals surface area contributed by atoms with Crippen LogP contribution in [0.5, 0.6) is 0 Å². The Hall–Kier alpha value is -0.600. The van der Waals surface area contributed by atoms with Crippen molar-refractivity contribution in [1.29, 1.82) is 0 Å². The van der Waals surface area contributed by atoms with Gasteiger partial charge < -0.3 is 0 Å². The number of hydrogen-bond donors (Lipinski definition) is 0. The zero-order chi connectivity index (χ0) is 48.4. The molecule has 8 saturated carbocycles. The third kappa shape index (κ3) is 13.6. The van der Waals surface area contributed by atoms with Crippen LogP contribution in [0.15, 0.2) is 24.3 Å². The smallest absolute Gasteiger partial charge is 0.0133 e. The largest absolute Gasteiger partial charge is 0.294 e. The maximum atomic E-state index is 3.40. The molecule has 68 heavy (non-hydrogen) atoms. The minimum absolute atomic E-state index is 0.453. The molecule has 0 aromatic carbocycles. The molecule has 0 bridgehead atoms. The second-order valence-electron chi connectivity index (χ2n) is 30.8. The van der Waals surface area contributed by atoms with E-state index in [4.69, 9.17) is 0 Å². The molecule has 0 radical (unpaired) electrons. The summed E-state index contributed by atoms with van der Waals surface area (Å²) in [5.41, 5.74) is 1.87. The van der Waals surface area contributed by atoms with Gasteiger partial charge in [-0.2, -0.15) is 0 Å². The predicted octanol–water partition coefficient (Wildman–Crippen LogP) is 19.1. The van der Waals surface area contributed by atoms with E-state index in [-0.39, 0.29) is 0 Å². The lowest BCUT2D eigenvalue weighted by molar-refractivity contribution is -0.0912. The molecule has 0 amide bonds. The van der Waals surface area contributed by atoms with Crippen LogP contribution in [0.2, 0.25) is 0 Å². The molecule has 4 atom stereocenters. The second-order valence-corrected chi connectivity index (χ2v) is 30.8. The zero-order valence-corrected chi connectivity index (χ0v) is 47.7. The van der Waals surface area contributed by atoms with Crippen LogP contribution in [0, 0.1) is 80.8 Å². The molecule has 0 saturated heterocycles. The van der Waals surface area contributed by atoms with Crippen LogP contribution in [0.1, 0.15) is 276 Å². The SMILES string of the molecule is CC(C)(C)C1CCC(/C=C/C2CCC(N(C3CCC(C(C)(C)C)CC3)C3CCC(N(C4CCC(/C=C/C5CCC(C(C)(C)C)CC5)CC4)C4CCC(C(C)(C)C)CC4)C4CCCCC43)CC2)CC1. The Balaban J connectivity index is 0.964. The van der Waals surface area contributed by atoms with Crippen LogP contribution in [-0.2, 0) is 0 Å². The Labute approximate surface area is 425 Å². The Morgan fingerprint density at radius 2 is 0.456 bits per heavy atom. The molecule has 4 unspecified atom stereocenters. The van der Waals surface area contributed by atoms with E-state index in [1.807, 2.05) is 0 Å². The second kappa shape index (κ2) is 22.9. The van der Waals surface area contributed by atoms with Crippen molar-refractivity contribution in [3.8, 4) is 0 Å². The summed E-state index contributed by atoms with van der Waals surface area (Å²) in [5, 5.41) is 0. The Morgan fingerprint density at radius 1 is 0.250 bits per heavy atom. The van der Waals surface area contributed by atoms with Crippen LogP contribution >= 0.6 is 0 Å². The van der Waals surface area contributed by atoms with Gasteiger partial charge >= 0.3 is 0 Å². The van der Waals surface area contributed by atoms with Crippen molar-refractivity contribution in [1.82, 2.24) is 9.80 Å². The Kier molecular flexibility index (Phi) is 18.1. The third-order valence-electron chi connectivity index (χ3n) is 22.7. The van der Waals surface area contributed by atoms with Gasteiger partial charge in [0.05, 0.1) is 0 Å². The summed E-state index contributed by atoms with van der Waals surface area (Å²) >= 11 is 0. The van der Waals surface area contributed by atoms with Gasteiger partial charge in [-0.05, 0) is 261 Å². The van der Waals surface area contributed by atoms with Crippen LogP contribution in [0.3, 0.4) is 0 Å². The van der Waals surface area contributed by atoms with Crippen LogP contribution in [-0.4, -0.2) is 46.1 Å². The molecule has 0 aromatic heterocycles. The van der Waals surface area contributed by atoms with Crippen molar-refractivity contribution in [2.75, 3.05) is 0 Å². The fraction of sp³-hybridized carbons (Fsp3) is 0.939. The average molecular weight is 938 g/mol. The van der Waals surface area contributed by atoms with Crippen LogP contribution in [0.25, 0.3) is 0 Å². The van der Waals surface area contributed by atoms with Crippen LogP contribution < -0.4 is 0 Å². The van der Waals surface area contributed by atoms with E-state index >= 15 is 0 Å². The van der Waals surface area contributed by atoms with Crippen LogP contribution in [0.4, 0.5) is 0 Å². The molecule has 0 heterocycles. The Bertz CT molecular complexity index is 1430. The van der Waals surface area contributed by atoms with E-state index in [0.717, 1.165) is 95.4 Å². The number of hydrogen-bond acceptors (Lipinski definition) is 2. The lowest BCUT2D eigenvalue weighted by atomic mass is 9.63. The van der Waals surface area contributed by atoms with Gasteiger partial charge in [0.25, 0.3) is 0 Å². The van der Waals surface area contributed by atoms with E-state index < -0.39 is 0 Å². The number of fused-ring (bicyclic) bond motifs is 1. The molecule has 2 heteroatoms. The van der Waals surface area contributed by atoms with Gasteiger partial charge in [0.2, 0.25) is 0 Å². The normalized spacial score (nSPS) is 41.1. The minimum atomic E-state index is 0.453. The van der Waals surface area contributed by atoms with Gasteiger partial charge in [-0.25, -0.2) is 0 Å². The van der Waals surface area contributed by atoms with Crippen molar-refractivity contribution >= 4 is 0 Å². The highest BCUT2D eigenvalue weighted by Crippen LogP contribution is 2.52. The highest BCUT2D eigenvalue weighted by Gasteiger charge is 2.51. The summed E-state index contributed by atoms with van der Waals surface area (Å²) in [6, 6.07) is 4.97. The van der Waals surface area contributed by atoms with Crippen molar-refractivity contribution in [2.24, 2.45) is 80.8 Å². The summed E-state index contributed by atoms with van der Waals surface area (Å²) in [4.78, 5) is 6.80. The van der Waals surface area contributed by atoms with E-state index in [0.29, 0.717) is 21.7 Å². The van der Waals surface area contributed by atoms with Gasteiger partial charge in [-0.15, -0.1) is 0 Å². The lowest BCUT2D eigenvalue weighted by Gasteiger charge is -2.59. The van der Waals surface area contributed by atoms with E-state index in [1.54, 1.807) is 0 Å². The molecule has 8 rings (SSSR count). The fourth-order valence-corrected chi connectivity index (χ4v) is 18.0. The van der Waals surface area contributed by atoms with Gasteiger partial charge in [-0.1, -0.05) is 120 Å². The van der Waals surface area contributed by atoms with E-state index in [1.165, 1.54) is 193 Å². The zero-order valence-electron chi connectivity index (χ0n) is 47.7. The van der Waals surface area contributed by atoms with Gasteiger partial charge in [0.1, 0.15) is 0 Å². The molecular weight excluding hydrogens is 821 g/mol. The first kappa shape index (κ1) is 53.7. The predicted molar refractivity (Wildman–Crippen MR) is 296 cm³/mol. The van der Waals surface area contributed by atoms with Gasteiger partial charge in [-0.3, -0.25) is 9.80 Å². The highest BCUT2D eigenvalue weighted by atomic mass is 15.3. The number of rotatable bonds is 10. The minimum Gasteiger partial charge on any atom is -0.294 e. The summed E-state index contributed by atoms with van der Waals surface area (Å²) in [6.07, 6.45) is 54.8. The molecule has 0 aliphatic heterocycles. The number of nitrogens with zero attached hydrogens (tertiary/aromatic N) is 2. The topological polar surface area (TPSA) is 6.48 Å². The maximum absolute atomic E-state index is 3.40. The monoisotopic (exact) mass is 937 g/mol. The first-order valence-corrected chi connectivity index (χ1v) is 31.1. The summed E-state index contributed by atoms with van der Waals surface area (Å²) in [5.74, 6) is 8.81.